The summed E-state index contributed by atoms with van der Waals surface area (Å²) in [7, 11) is 2.06. The van der Waals surface area contributed by atoms with E-state index in [0.29, 0.717) is 25.8 Å². The molecule has 24 nitrogen and oxygen atoms in total. The number of guanidine groups is 1. The van der Waals surface area contributed by atoms with Crippen molar-refractivity contribution in [1.82, 2.24) is 42.1 Å². The quantitative estimate of drug-likeness (QED) is 0.0335. The number of aliphatic carboxylic acids is 2. The van der Waals surface area contributed by atoms with Gasteiger partial charge in [-0.2, -0.15) is 0 Å². The maximum atomic E-state index is 13.7. The fraction of sp³-hybridized carbons (Fsp3) is 0.688. The highest BCUT2D eigenvalue weighted by Gasteiger charge is 2.40. The Morgan fingerprint density at radius 2 is 1.57 bits per heavy atom. The molecular weight excluding hydrogens is 809 g/mol. The van der Waals surface area contributed by atoms with Crippen molar-refractivity contribution in [3.05, 3.63) is 0 Å². The number of hydrogen-bond acceptors (Lipinski definition) is 15. The molecule has 0 aromatic rings. The lowest BCUT2D eigenvalue weighted by Crippen LogP contribution is -2.60. The second kappa shape index (κ2) is 25.4. The van der Waals surface area contributed by atoms with Crippen LogP contribution in [0.4, 0.5) is 0 Å². The van der Waals surface area contributed by atoms with E-state index in [0.717, 1.165) is 26.5 Å². The predicted octanol–water partition coefficient (Wildman–Crippen LogP) is -5.82. The molecule has 0 radical (unpaired) electrons. The smallest absolute Gasteiger partial charge is 0.326 e. The number of amides is 7. The third-order valence-electron chi connectivity index (χ3n) is 8.80. The van der Waals surface area contributed by atoms with Gasteiger partial charge in [-0.1, -0.05) is 21.6 Å². The summed E-state index contributed by atoms with van der Waals surface area (Å²) >= 11 is 0. The number of carboxylic acid groups (broad SMARTS) is 2. The molecule has 0 aliphatic carbocycles. The number of nitrogens with one attached hydrogen (secondary N) is 8. The summed E-state index contributed by atoms with van der Waals surface area (Å²) in [5, 5.41) is 53.4. The first-order valence-corrected chi connectivity index (χ1v) is 20.9. The lowest BCUT2D eigenvalue weighted by atomic mass is 10.1. The molecule has 2 aliphatic heterocycles. The van der Waals surface area contributed by atoms with Gasteiger partial charge in [0, 0.05) is 24.6 Å². The Morgan fingerprint density at radius 1 is 0.897 bits per heavy atom. The molecule has 0 aromatic heterocycles. The largest absolute Gasteiger partial charge is 0.481 e. The number of carboxylic acids is 2. The number of carbonyl (C=O) groups is 9. The maximum absolute atomic E-state index is 13.7. The molecule has 0 aromatic carbocycles. The van der Waals surface area contributed by atoms with Gasteiger partial charge in [-0.25, -0.2) is 4.79 Å². The Labute approximate surface area is 341 Å². The fourth-order valence-corrected chi connectivity index (χ4v) is 8.03. The van der Waals surface area contributed by atoms with E-state index in [1.165, 1.54) is 0 Å². The van der Waals surface area contributed by atoms with Crippen molar-refractivity contribution in [1.29, 1.82) is 5.41 Å². The van der Waals surface area contributed by atoms with Crippen LogP contribution in [0, 0.1) is 5.41 Å². The predicted molar refractivity (Wildman–Crippen MR) is 209 cm³/mol. The third kappa shape index (κ3) is 16.9. The van der Waals surface area contributed by atoms with E-state index in [9.17, 15) is 58.5 Å². The molecule has 58 heavy (non-hydrogen) atoms. The molecule has 326 valence electrons. The highest BCUT2D eigenvalue weighted by atomic mass is 33.1. The van der Waals surface area contributed by atoms with Gasteiger partial charge in [0.15, 0.2) is 5.96 Å². The summed E-state index contributed by atoms with van der Waals surface area (Å²) in [6.07, 6.45) is 0.390. The van der Waals surface area contributed by atoms with Gasteiger partial charge in [0.05, 0.1) is 25.6 Å². The first kappa shape index (κ1) is 49.2. The minimum Gasteiger partial charge on any atom is -0.481 e. The average molecular weight is 863 g/mol. The number of aliphatic hydroxyl groups excluding tert-OH is 1. The van der Waals surface area contributed by atoms with Crippen LogP contribution in [0.2, 0.25) is 0 Å². The van der Waals surface area contributed by atoms with E-state index in [-0.39, 0.29) is 56.2 Å². The van der Waals surface area contributed by atoms with Crippen LogP contribution < -0.4 is 54.4 Å². The van der Waals surface area contributed by atoms with Crippen molar-refractivity contribution in [3.63, 3.8) is 0 Å². The molecule has 7 amide bonds. The monoisotopic (exact) mass is 862 g/mol. The van der Waals surface area contributed by atoms with Crippen molar-refractivity contribution >= 4 is 80.8 Å². The second-order valence-electron chi connectivity index (χ2n) is 13.3. The van der Waals surface area contributed by atoms with E-state index >= 15 is 0 Å². The van der Waals surface area contributed by atoms with Crippen LogP contribution in [0.1, 0.15) is 51.4 Å². The highest BCUT2D eigenvalue weighted by Crippen LogP contribution is 2.24. The Morgan fingerprint density at radius 3 is 2.21 bits per heavy atom. The number of rotatable bonds is 14. The van der Waals surface area contributed by atoms with Gasteiger partial charge in [-0.15, -0.1) is 0 Å². The highest BCUT2D eigenvalue weighted by molar-refractivity contribution is 8.76. The van der Waals surface area contributed by atoms with E-state index in [1.807, 2.05) is 0 Å². The van der Waals surface area contributed by atoms with Crippen molar-refractivity contribution in [2.45, 2.75) is 93.7 Å². The molecule has 2 aliphatic rings. The first-order chi connectivity index (χ1) is 27.5. The number of nitrogens with two attached hydrogens (primary N) is 3. The minimum atomic E-state index is -1.84. The molecule has 2 fully saturated rings. The molecule has 17 N–H and O–H groups in total. The molecule has 0 bridgehead atoms. The SMILES string of the molecule is N=C(N)NCCC[C@@H]1NC(=O)CNC(=O)[C@H](N)CSSC[C@@H](C(=O)N[C@@H](CCCCN)C(=O)O)NC(=O)[C@@H]2CCCN2C(=O)[C@H](CO)NC(=O)[C@H](CC(=O)O)NC1=O. The molecule has 0 spiro atoms. The summed E-state index contributed by atoms with van der Waals surface area (Å²) in [5.41, 5.74) is 16.8. The number of carbonyl (C=O) groups excluding carboxylic acids is 7. The Hall–Kier alpha value is -4.92. The number of unbranched alkanes of at least 4 members (excludes halogenated alkanes) is 1. The number of nitrogens with zero attached hydrogens (tertiary/aromatic N) is 1. The van der Waals surface area contributed by atoms with Gasteiger partial charge in [-0.05, 0) is 51.5 Å². The fourth-order valence-electron chi connectivity index (χ4n) is 5.75. The molecule has 26 heteroatoms. The summed E-state index contributed by atoms with van der Waals surface area (Å²) < 4.78 is 0. The zero-order chi connectivity index (χ0) is 43.4. The molecule has 2 heterocycles. The Balaban J connectivity index is 2.44. The maximum Gasteiger partial charge on any atom is 0.326 e. The molecule has 2 saturated heterocycles. The van der Waals surface area contributed by atoms with Crippen molar-refractivity contribution < 1.29 is 58.5 Å². The van der Waals surface area contributed by atoms with E-state index in [2.05, 4.69) is 37.2 Å². The van der Waals surface area contributed by atoms with Gasteiger partial charge in [-0.3, -0.25) is 43.8 Å². The zero-order valence-electron chi connectivity index (χ0n) is 31.7. The van der Waals surface area contributed by atoms with Gasteiger partial charge in [0.2, 0.25) is 41.4 Å². The van der Waals surface area contributed by atoms with Crippen molar-refractivity contribution in [2.75, 3.05) is 44.3 Å². The third-order valence-corrected chi connectivity index (χ3v) is 11.3. The average Bonchev–Trinajstić information content (AvgIpc) is 3.67. The van der Waals surface area contributed by atoms with Gasteiger partial charge < -0.3 is 74.6 Å². The number of hydrogen-bond donors (Lipinski definition) is 14. The van der Waals surface area contributed by atoms with E-state index in [1.54, 1.807) is 0 Å². The van der Waals surface area contributed by atoms with E-state index < -0.39 is 115 Å². The number of aliphatic hydroxyl groups is 1. The van der Waals surface area contributed by atoms with Crippen LogP contribution in [0.25, 0.3) is 0 Å². The summed E-state index contributed by atoms with van der Waals surface area (Å²) in [6, 6.07) is -10.0. The molecule has 0 saturated carbocycles. The van der Waals surface area contributed by atoms with Crippen LogP contribution in [-0.2, 0) is 43.2 Å². The van der Waals surface area contributed by atoms with Gasteiger partial charge in [0.25, 0.3) is 0 Å². The first-order valence-electron chi connectivity index (χ1n) is 18.4. The van der Waals surface area contributed by atoms with Crippen LogP contribution in [-0.4, -0.2) is 166 Å². The summed E-state index contributed by atoms with van der Waals surface area (Å²) in [4.78, 5) is 118. The lowest BCUT2D eigenvalue weighted by molar-refractivity contribution is -0.145. The molecule has 0 unspecified atom stereocenters. The van der Waals surface area contributed by atoms with Gasteiger partial charge >= 0.3 is 11.9 Å². The molecule has 2 rings (SSSR count). The van der Waals surface area contributed by atoms with E-state index in [4.69, 9.17) is 22.6 Å². The standard InChI is InChI=1S/C32H54N12O12S2/c33-8-2-1-5-18(31(55)56)40-28(52)21-15-58-57-14-16(34)25(49)38-12-23(46)39-17(6-3-9-37-32(35)36)26(50)41-19(11-24(47)48)27(51)42-20(13-45)30(54)44-10-4-7-22(44)29(53)43-21/h16-22,45H,1-15,33-34H2,(H,38,49)(H,39,46)(H,40,52)(H,41,50)(H,42,51)(H,43,53)(H,47,48)(H,55,56)(H4,35,36,37)/t16-,17+,18+,19+,20+,21+,22+/m1/s1. The van der Waals surface area contributed by atoms with Crippen LogP contribution >= 0.6 is 21.6 Å². The zero-order valence-corrected chi connectivity index (χ0v) is 33.3. The van der Waals surface area contributed by atoms with Crippen molar-refractivity contribution in [3.8, 4) is 0 Å². The molecular formula is C32H54N12O12S2. The lowest BCUT2D eigenvalue weighted by Gasteiger charge is -2.30. The van der Waals surface area contributed by atoms with Gasteiger partial charge in [0.1, 0.15) is 36.3 Å². The molecule has 7 atom stereocenters. The summed E-state index contributed by atoms with van der Waals surface area (Å²) in [6.45, 7) is -1.27. The van der Waals surface area contributed by atoms with Crippen molar-refractivity contribution in [2.24, 2.45) is 17.2 Å². The van der Waals surface area contributed by atoms with Crippen LogP contribution in [0.3, 0.4) is 0 Å². The number of fused-ring (bicyclic) bond motifs is 1. The Bertz CT molecular complexity index is 1510. The summed E-state index contributed by atoms with van der Waals surface area (Å²) in [5.74, 6) is -9.84. The second-order valence-corrected chi connectivity index (χ2v) is 15.9. The topological polar surface area (TPSA) is 404 Å². The minimum absolute atomic E-state index is 0.0118. The normalized spacial score (nSPS) is 25.1. The Kier molecular flexibility index (Phi) is 21.6. The van der Waals surface area contributed by atoms with Crippen LogP contribution in [0.15, 0.2) is 0 Å². The van der Waals surface area contributed by atoms with Crippen LogP contribution in [0.5, 0.6) is 0 Å².